The largest absolute Gasteiger partial charge is 0.456 e. The van der Waals surface area contributed by atoms with E-state index >= 15 is 0 Å². The lowest BCUT2D eigenvalue weighted by atomic mass is 9.66. The predicted molar refractivity (Wildman–Crippen MR) is 92.8 cm³/mol. The van der Waals surface area contributed by atoms with Crippen molar-refractivity contribution in [3.8, 4) is 0 Å². The lowest BCUT2D eigenvalue weighted by molar-refractivity contribution is -0.157. The molecule has 0 bridgehead atoms. The van der Waals surface area contributed by atoms with Crippen LogP contribution in [0.25, 0.3) is 0 Å². The van der Waals surface area contributed by atoms with Crippen LogP contribution in [0, 0.1) is 11.3 Å². The van der Waals surface area contributed by atoms with Gasteiger partial charge in [-0.15, -0.1) is 0 Å². The van der Waals surface area contributed by atoms with Crippen LogP contribution < -0.4 is 5.32 Å². The van der Waals surface area contributed by atoms with Crippen LogP contribution in [0.5, 0.6) is 0 Å². The number of carbonyl (C=O) groups excluding carboxylic acids is 1. The average Bonchev–Trinajstić information content (AvgIpc) is 2.36. The molecular formula is C19H35NO2. The molecule has 1 saturated carbocycles. The SMILES string of the molecule is C=C(C)C(=O)OC1(C)CCC(C(C)(CC(C)(C)C)NC)CC1. The van der Waals surface area contributed by atoms with E-state index in [1.54, 1.807) is 6.92 Å². The standard InChI is InChI=1S/C19H35NO2/c1-14(2)16(21)22-18(6)11-9-15(10-12-18)19(7,20-8)13-17(3,4)5/h15,20H,1,9-13H2,2-8H3. The molecule has 0 aromatic carbocycles. The van der Waals surface area contributed by atoms with Crippen LogP contribution in [0.2, 0.25) is 0 Å². The van der Waals surface area contributed by atoms with E-state index in [-0.39, 0.29) is 17.1 Å². The third kappa shape index (κ3) is 5.12. The maximum Gasteiger partial charge on any atom is 0.333 e. The smallest absolute Gasteiger partial charge is 0.333 e. The van der Waals surface area contributed by atoms with Crippen LogP contribution >= 0.6 is 0 Å². The van der Waals surface area contributed by atoms with Gasteiger partial charge in [-0.2, -0.15) is 0 Å². The highest BCUT2D eigenvalue weighted by atomic mass is 16.6. The molecule has 0 heterocycles. The minimum atomic E-state index is -0.330. The normalized spacial score (nSPS) is 28.8. The highest BCUT2D eigenvalue weighted by molar-refractivity contribution is 5.87. The van der Waals surface area contributed by atoms with Crippen LogP contribution in [0.4, 0.5) is 0 Å². The number of esters is 1. The van der Waals surface area contributed by atoms with Crippen molar-refractivity contribution in [2.24, 2.45) is 11.3 Å². The van der Waals surface area contributed by atoms with Crippen molar-refractivity contribution < 1.29 is 9.53 Å². The second-order valence-corrected chi connectivity index (χ2v) is 8.80. The summed E-state index contributed by atoms with van der Waals surface area (Å²) in [7, 11) is 2.07. The first-order valence-electron chi connectivity index (χ1n) is 8.49. The first-order valence-corrected chi connectivity index (χ1v) is 8.49. The molecule has 0 aliphatic heterocycles. The maximum absolute atomic E-state index is 11.8. The van der Waals surface area contributed by atoms with Crippen molar-refractivity contribution in [2.45, 2.75) is 84.8 Å². The first kappa shape index (κ1) is 19.2. The van der Waals surface area contributed by atoms with Crippen LogP contribution in [0.1, 0.15) is 73.6 Å². The average molecular weight is 309 g/mol. The quantitative estimate of drug-likeness (QED) is 0.601. The summed E-state index contributed by atoms with van der Waals surface area (Å²) in [5.41, 5.74) is 0.586. The molecule has 0 aromatic heterocycles. The zero-order chi connectivity index (χ0) is 17.2. The van der Waals surface area contributed by atoms with Crippen LogP contribution in [-0.2, 0) is 9.53 Å². The molecule has 128 valence electrons. The Morgan fingerprint density at radius 1 is 1.27 bits per heavy atom. The Kier molecular flexibility index (Phi) is 5.88. The Morgan fingerprint density at radius 2 is 1.77 bits per heavy atom. The van der Waals surface area contributed by atoms with Gasteiger partial charge in [0, 0.05) is 11.1 Å². The zero-order valence-electron chi connectivity index (χ0n) is 15.6. The number of ether oxygens (including phenoxy) is 1. The highest BCUT2D eigenvalue weighted by Crippen LogP contribution is 2.43. The molecule has 1 atom stereocenters. The van der Waals surface area contributed by atoms with Crippen LogP contribution in [0.15, 0.2) is 12.2 Å². The van der Waals surface area contributed by atoms with Crippen LogP contribution in [0.3, 0.4) is 0 Å². The van der Waals surface area contributed by atoms with Gasteiger partial charge < -0.3 is 10.1 Å². The second kappa shape index (κ2) is 6.74. The van der Waals surface area contributed by atoms with E-state index in [9.17, 15) is 4.79 Å². The summed E-state index contributed by atoms with van der Waals surface area (Å²) in [6.45, 7) is 16.7. The van der Waals surface area contributed by atoms with Gasteiger partial charge in [-0.05, 0) is 71.3 Å². The van der Waals surface area contributed by atoms with Gasteiger partial charge in [0.25, 0.3) is 0 Å². The third-order valence-corrected chi connectivity index (χ3v) is 5.10. The Morgan fingerprint density at radius 3 is 2.14 bits per heavy atom. The van der Waals surface area contributed by atoms with E-state index in [4.69, 9.17) is 4.74 Å². The molecule has 1 N–H and O–H groups in total. The van der Waals surface area contributed by atoms with E-state index in [0.717, 1.165) is 32.1 Å². The summed E-state index contributed by atoms with van der Waals surface area (Å²) in [5.74, 6) is 0.361. The summed E-state index contributed by atoms with van der Waals surface area (Å²) in [6, 6.07) is 0. The first-order chi connectivity index (χ1) is 9.91. The Balaban J connectivity index is 2.70. The van der Waals surface area contributed by atoms with E-state index in [1.165, 1.54) is 0 Å². The fourth-order valence-electron chi connectivity index (χ4n) is 3.82. The van der Waals surface area contributed by atoms with Gasteiger partial charge in [-0.25, -0.2) is 4.79 Å². The molecule has 3 heteroatoms. The van der Waals surface area contributed by atoms with Crippen molar-refractivity contribution in [3.05, 3.63) is 12.2 Å². The highest BCUT2D eigenvalue weighted by Gasteiger charge is 2.42. The molecule has 0 spiro atoms. The maximum atomic E-state index is 11.8. The Labute approximate surface area is 136 Å². The van der Waals surface area contributed by atoms with Gasteiger partial charge in [0.15, 0.2) is 0 Å². The van der Waals surface area contributed by atoms with Gasteiger partial charge in [0.2, 0.25) is 0 Å². The van der Waals surface area contributed by atoms with E-state index in [2.05, 4.69) is 53.6 Å². The summed E-state index contributed by atoms with van der Waals surface area (Å²) in [6.07, 6.45) is 5.18. The van der Waals surface area contributed by atoms with Crippen molar-refractivity contribution in [3.63, 3.8) is 0 Å². The fraction of sp³-hybridized carbons (Fsp3) is 0.842. The third-order valence-electron chi connectivity index (χ3n) is 5.10. The number of carbonyl (C=O) groups is 1. The fourth-order valence-corrected chi connectivity index (χ4v) is 3.82. The van der Waals surface area contributed by atoms with Crippen molar-refractivity contribution >= 4 is 5.97 Å². The molecule has 1 rings (SSSR count). The molecule has 1 unspecified atom stereocenters. The van der Waals surface area contributed by atoms with Gasteiger partial charge in [-0.3, -0.25) is 0 Å². The number of nitrogens with one attached hydrogen (secondary N) is 1. The lowest BCUT2D eigenvalue weighted by Crippen LogP contribution is -2.52. The lowest BCUT2D eigenvalue weighted by Gasteiger charge is -2.47. The topological polar surface area (TPSA) is 38.3 Å². The molecule has 0 radical (unpaired) electrons. The minimum absolute atomic E-state index is 0.137. The van der Waals surface area contributed by atoms with Crippen LogP contribution in [-0.4, -0.2) is 24.2 Å². The Bertz CT molecular complexity index is 414. The monoisotopic (exact) mass is 309 g/mol. The molecule has 0 saturated heterocycles. The Hall–Kier alpha value is -0.830. The number of hydrogen-bond donors (Lipinski definition) is 1. The summed E-state index contributed by atoms with van der Waals surface area (Å²) in [4.78, 5) is 11.8. The van der Waals surface area contributed by atoms with E-state index in [1.807, 2.05) is 0 Å². The minimum Gasteiger partial charge on any atom is -0.456 e. The molecular weight excluding hydrogens is 274 g/mol. The molecule has 0 amide bonds. The van der Waals surface area contributed by atoms with Gasteiger partial charge in [-0.1, -0.05) is 27.4 Å². The van der Waals surface area contributed by atoms with Crippen molar-refractivity contribution in [1.82, 2.24) is 5.32 Å². The summed E-state index contributed by atoms with van der Waals surface area (Å²) in [5, 5.41) is 3.57. The number of rotatable bonds is 5. The molecule has 22 heavy (non-hydrogen) atoms. The van der Waals surface area contributed by atoms with Gasteiger partial charge in [0.05, 0.1) is 0 Å². The van der Waals surface area contributed by atoms with Crippen molar-refractivity contribution in [1.29, 1.82) is 0 Å². The molecule has 1 aliphatic rings. The van der Waals surface area contributed by atoms with Crippen molar-refractivity contribution in [2.75, 3.05) is 7.05 Å². The van der Waals surface area contributed by atoms with E-state index < -0.39 is 0 Å². The van der Waals surface area contributed by atoms with Gasteiger partial charge in [0.1, 0.15) is 5.60 Å². The van der Waals surface area contributed by atoms with Gasteiger partial charge >= 0.3 is 5.97 Å². The summed E-state index contributed by atoms with van der Waals surface area (Å²) >= 11 is 0. The molecule has 3 nitrogen and oxygen atoms in total. The number of hydrogen-bond acceptors (Lipinski definition) is 3. The zero-order valence-corrected chi connectivity index (χ0v) is 15.6. The molecule has 0 aromatic rings. The summed E-state index contributed by atoms with van der Waals surface area (Å²) < 4.78 is 5.68. The molecule has 1 aliphatic carbocycles. The van der Waals surface area contributed by atoms with E-state index in [0.29, 0.717) is 16.9 Å². The second-order valence-electron chi connectivity index (χ2n) is 8.80. The predicted octanol–water partition coefficient (Wildman–Crippen LogP) is 4.47. The molecule has 1 fully saturated rings.